The van der Waals surface area contributed by atoms with Crippen molar-refractivity contribution in [3.05, 3.63) is 63.0 Å². The van der Waals surface area contributed by atoms with E-state index in [9.17, 15) is 14.4 Å². The number of carbonyl (C=O) groups excluding carboxylic acids is 2. The third-order valence-corrected chi connectivity index (χ3v) is 5.69. The van der Waals surface area contributed by atoms with Gasteiger partial charge < -0.3 is 20.4 Å². The normalized spacial score (nSPS) is 10.5. The first-order valence-corrected chi connectivity index (χ1v) is 11.1. The second-order valence-electron chi connectivity index (χ2n) is 6.48. The quantitative estimate of drug-likeness (QED) is 0.331. The fraction of sp³-hybridized carbons (Fsp3) is 0.250. The van der Waals surface area contributed by atoms with Crippen molar-refractivity contribution in [1.82, 2.24) is 20.3 Å². The van der Waals surface area contributed by atoms with Crippen molar-refractivity contribution >= 4 is 40.0 Å². The van der Waals surface area contributed by atoms with Gasteiger partial charge in [0.25, 0.3) is 5.56 Å². The minimum atomic E-state index is -0.385. The SMILES string of the molecule is COc1cccc(CNC(=O)Cc2cc(=O)[nH]c(SCC(=O)Nc3nc(C)cs3)n2)c1. The van der Waals surface area contributed by atoms with Crippen LogP contribution in [0.2, 0.25) is 0 Å². The molecule has 2 heterocycles. The highest BCUT2D eigenvalue weighted by molar-refractivity contribution is 7.99. The van der Waals surface area contributed by atoms with Crippen molar-refractivity contribution in [3.63, 3.8) is 0 Å². The van der Waals surface area contributed by atoms with E-state index in [1.807, 2.05) is 36.6 Å². The zero-order valence-corrected chi connectivity index (χ0v) is 18.6. The molecule has 1 aromatic carbocycles. The van der Waals surface area contributed by atoms with Gasteiger partial charge in [-0.05, 0) is 24.6 Å². The number of benzene rings is 1. The van der Waals surface area contributed by atoms with Crippen molar-refractivity contribution in [2.45, 2.75) is 25.0 Å². The molecule has 3 rings (SSSR count). The van der Waals surface area contributed by atoms with Crippen LogP contribution >= 0.6 is 23.1 Å². The molecule has 11 heteroatoms. The van der Waals surface area contributed by atoms with E-state index in [0.29, 0.717) is 23.1 Å². The van der Waals surface area contributed by atoms with Crippen LogP contribution in [-0.4, -0.2) is 39.6 Å². The van der Waals surface area contributed by atoms with Crippen LogP contribution < -0.4 is 20.9 Å². The standard InChI is InChI=1S/C20H21N5O4S2/c1-12-10-30-19(22-12)25-18(28)11-31-20-23-14(8-17(27)24-20)7-16(26)21-9-13-4-3-5-15(6-13)29-2/h3-6,8,10H,7,9,11H2,1-2H3,(H,21,26)(H,22,25,28)(H,23,24,27). The Kier molecular flexibility index (Phi) is 7.79. The number of rotatable bonds is 9. The molecule has 162 valence electrons. The number of aryl methyl sites for hydroxylation is 1. The molecular formula is C20H21N5O4S2. The number of nitrogens with zero attached hydrogens (tertiary/aromatic N) is 2. The smallest absolute Gasteiger partial charge is 0.251 e. The number of anilines is 1. The summed E-state index contributed by atoms with van der Waals surface area (Å²) in [5.41, 5.74) is 1.66. The topological polar surface area (TPSA) is 126 Å². The molecule has 0 bridgehead atoms. The summed E-state index contributed by atoms with van der Waals surface area (Å²) in [7, 11) is 1.58. The first-order valence-electron chi connectivity index (χ1n) is 9.26. The molecule has 2 amide bonds. The summed E-state index contributed by atoms with van der Waals surface area (Å²) in [5.74, 6) is 0.225. The Labute approximate surface area is 186 Å². The van der Waals surface area contributed by atoms with E-state index in [1.165, 1.54) is 17.4 Å². The minimum Gasteiger partial charge on any atom is -0.497 e. The van der Waals surface area contributed by atoms with Crippen LogP contribution in [-0.2, 0) is 22.6 Å². The van der Waals surface area contributed by atoms with Gasteiger partial charge in [0, 0.05) is 18.0 Å². The molecule has 0 aliphatic carbocycles. The minimum absolute atomic E-state index is 0.0487. The molecule has 0 radical (unpaired) electrons. The molecular weight excluding hydrogens is 438 g/mol. The summed E-state index contributed by atoms with van der Waals surface area (Å²) in [6.45, 7) is 2.17. The summed E-state index contributed by atoms with van der Waals surface area (Å²) in [6.07, 6.45) is -0.0496. The largest absolute Gasteiger partial charge is 0.497 e. The van der Waals surface area contributed by atoms with Crippen LogP contribution in [0.5, 0.6) is 5.75 Å². The number of H-pyrrole nitrogens is 1. The molecule has 0 unspecified atom stereocenters. The van der Waals surface area contributed by atoms with Gasteiger partial charge in [-0.25, -0.2) is 9.97 Å². The lowest BCUT2D eigenvalue weighted by Crippen LogP contribution is -2.26. The number of thioether (sulfide) groups is 1. The maximum atomic E-state index is 12.3. The highest BCUT2D eigenvalue weighted by Crippen LogP contribution is 2.17. The van der Waals surface area contributed by atoms with E-state index < -0.39 is 0 Å². The Hall–Kier alpha value is -3.18. The van der Waals surface area contributed by atoms with Gasteiger partial charge in [0.15, 0.2) is 10.3 Å². The third-order valence-electron chi connectivity index (χ3n) is 3.94. The summed E-state index contributed by atoms with van der Waals surface area (Å²) in [5, 5.41) is 8.11. The Morgan fingerprint density at radius 2 is 2.06 bits per heavy atom. The van der Waals surface area contributed by atoms with Crippen LogP contribution in [0.4, 0.5) is 5.13 Å². The lowest BCUT2D eigenvalue weighted by Gasteiger charge is -2.07. The lowest BCUT2D eigenvalue weighted by atomic mass is 10.2. The number of hydrogen-bond acceptors (Lipinski definition) is 8. The molecule has 9 nitrogen and oxygen atoms in total. The van der Waals surface area contributed by atoms with Crippen molar-refractivity contribution < 1.29 is 14.3 Å². The first-order chi connectivity index (χ1) is 14.9. The average Bonchev–Trinajstić information content (AvgIpc) is 3.15. The molecule has 0 spiro atoms. The predicted molar refractivity (Wildman–Crippen MR) is 120 cm³/mol. The van der Waals surface area contributed by atoms with Crippen LogP contribution in [0, 0.1) is 6.92 Å². The van der Waals surface area contributed by atoms with Crippen LogP contribution in [0.25, 0.3) is 0 Å². The predicted octanol–water partition coefficient (Wildman–Crippen LogP) is 2.13. The van der Waals surface area contributed by atoms with Crippen molar-refractivity contribution in [1.29, 1.82) is 0 Å². The van der Waals surface area contributed by atoms with Gasteiger partial charge in [-0.3, -0.25) is 14.4 Å². The number of nitrogens with one attached hydrogen (secondary N) is 3. The lowest BCUT2D eigenvalue weighted by molar-refractivity contribution is -0.120. The fourth-order valence-corrected chi connectivity index (χ4v) is 3.95. The number of aromatic amines is 1. The first kappa shape index (κ1) is 22.5. The van der Waals surface area contributed by atoms with Gasteiger partial charge in [-0.15, -0.1) is 11.3 Å². The number of ether oxygens (including phenoxy) is 1. The maximum Gasteiger partial charge on any atom is 0.251 e. The molecule has 2 aromatic heterocycles. The summed E-state index contributed by atoms with van der Waals surface area (Å²) >= 11 is 2.42. The Balaban J connectivity index is 1.52. The summed E-state index contributed by atoms with van der Waals surface area (Å²) in [4.78, 5) is 47.2. The number of aromatic nitrogens is 3. The molecule has 31 heavy (non-hydrogen) atoms. The summed E-state index contributed by atoms with van der Waals surface area (Å²) < 4.78 is 5.16. The zero-order valence-electron chi connectivity index (χ0n) is 16.9. The zero-order chi connectivity index (χ0) is 22.2. The third kappa shape index (κ3) is 7.23. The Morgan fingerprint density at radius 3 is 2.81 bits per heavy atom. The number of carbonyl (C=O) groups is 2. The van der Waals surface area contributed by atoms with Crippen LogP contribution in [0.3, 0.4) is 0 Å². The van der Waals surface area contributed by atoms with Gasteiger partial charge in [-0.2, -0.15) is 0 Å². The maximum absolute atomic E-state index is 12.3. The molecule has 3 aromatic rings. The van der Waals surface area contributed by atoms with E-state index in [-0.39, 0.29) is 34.7 Å². The highest BCUT2D eigenvalue weighted by Gasteiger charge is 2.11. The molecule has 0 saturated heterocycles. The number of hydrogen-bond donors (Lipinski definition) is 3. The van der Waals surface area contributed by atoms with Gasteiger partial charge >= 0.3 is 0 Å². The van der Waals surface area contributed by atoms with Crippen molar-refractivity contribution in [2.75, 3.05) is 18.2 Å². The number of methoxy groups -OCH3 is 1. The molecule has 0 atom stereocenters. The molecule has 0 fully saturated rings. The number of thiazole rings is 1. The molecule has 0 aliphatic rings. The van der Waals surface area contributed by atoms with E-state index in [1.54, 1.807) is 7.11 Å². The van der Waals surface area contributed by atoms with Gasteiger partial charge in [0.1, 0.15) is 5.75 Å². The second-order valence-corrected chi connectivity index (χ2v) is 8.30. The van der Waals surface area contributed by atoms with Crippen LogP contribution in [0.1, 0.15) is 17.0 Å². The van der Waals surface area contributed by atoms with E-state index in [0.717, 1.165) is 23.0 Å². The van der Waals surface area contributed by atoms with Crippen molar-refractivity contribution in [2.24, 2.45) is 0 Å². The Morgan fingerprint density at radius 1 is 1.23 bits per heavy atom. The average molecular weight is 460 g/mol. The van der Waals surface area contributed by atoms with E-state index in [4.69, 9.17) is 4.74 Å². The Bertz CT molecular complexity index is 1130. The van der Waals surface area contributed by atoms with E-state index >= 15 is 0 Å². The second kappa shape index (κ2) is 10.7. The fourth-order valence-electron chi connectivity index (χ4n) is 2.55. The molecule has 3 N–H and O–H groups in total. The summed E-state index contributed by atoms with van der Waals surface area (Å²) in [6, 6.07) is 8.64. The molecule has 0 aliphatic heterocycles. The molecule has 0 saturated carbocycles. The highest BCUT2D eigenvalue weighted by atomic mass is 32.2. The van der Waals surface area contributed by atoms with Crippen LogP contribution in [0.15, 0.2) is 45.7 Å². The number of amides is 2. The monoisotopic (exact) mass is 459 g/mol. The van der Waals surface area contributed by atoms with Gasteiger partial charge in [-0.1, -0.05) is 23.9 Å². The van der Waals surface area contributed by atoms with E-state index in [2.05, 4.69) is 25.6 Å². The van der Waals surface area contributed by atoms with Gasteiger partial charge in [0.05, 0.1) is 30.7 Å². The van der Waals surface area contributed by atoms with Gasteiger partial charge in [0.2, 0.25) is 11.8 Å². The van der Waals surface area contributed by atoms with Crippen molar-refractivity contribution in [3.8, 4) is 5.75 Å².